The number of esters is 1. The summed E-state index contributed by atoms with van der Waals surface area (Å²) in [6, 6.07) is 0. The molecule has 0 aliphatic heterocycles. The summed E-state index contributed by atoms with van der Waals surface area (Å²) in [6.07, 6.45) is -9.92. The van der Waals surface area contributed by atoms with Crippen molar-refractivity contribution < 1.29 is 71.3 Å². The molecule has 178 valence electrons. The number of carbonyl (C=O) groups is 1. The van der Waals surface area contributed by atoms with Crippen LogP contribution < -0.4 is 0 Å². The van der Waals surface area contributed by atoms with Crippen LogP contribution in [0.25, 0.3) is 0 Å². The zero-order valence-electron chi connectivity index (χ0n) is 14.7. The fraction of sp³-hybridized carbons (Fsp3) is 0.786. The average molecular weight is 476 g/mol. The lowest BCUT2D eigenvalue weighted by Crippen LogP contribution is -2.70. The van der Waals surface area contributed by atoms with Crippen LogP contribution in [0.4, 0.5) is 57.1 Å². The third kappa shape index (κ3) is 5.11. The first-order valence-corrected chi connectivity index (χ1v) is 7.44. The van der Waals surface area contributed by atoms with Gasteiger partial charge in [-0.2, -0.15) is 57.1 Å². The van der Waals surface area contributed by atoms with Crippen molar-refractivity contribution in [3.8, 4) is 0 Å². The summed E-state index contributed by atoms with van der Waals surface area (Å²) in [4.78, 5) is 10.9. The zero-order valence-corrected chi connectivity index (χ0v) is 14.7. The SMILES string of the molecule is C=C(C)C(=O)OCCOCCC(F)(F)C(F)(F)C(F)(F)C(F)(F)C(F)(F)C(F)(F)F. The molecule has 0 saturated heterocycles. The maximum absolute atomic E-state index is 13.4. The minimum Gasteiger partial charge on any atom is -0.460 e. The first-order valence-electron chi connectivity index (χ1n) is 7.44. The summed E-state index contributed by atoms with van der Waals surface area (Å²) in [5.74, 6) is -38.0. The molecule has 30 heavy (non-hydrogen) atoms. The molecule has 0 spiro atoms. The van der Waals surface area contributed by atoms with E-state index in [1.54, 1.807) is 0 Å². The van der Waals surface area contributed by atoms with Crippen LogP contribution in [-0.2, 0) is 14.3 Å². The summed E-state index contributed by atoms with van der Waals surface area (Å²) in [7, 11) is 0. The van der Waals surface area contributed by atoms with E-state index in [9.17, 15) is 61.9 Å². The molecule has 0 rings (SSSR count). The maximum atomic E-state index is 13.4. The molecule has 0 N–H and O–H groups in total. The van der Waals surface area contributed by atoms with Gasteiger partial charge in [0.15, 0.2) is 0 Å². The van der Waals surface area contributed by atoms with Crippen LogP contribution in [0.2, 0.25) is 0 Å². The van der Waals surface area contributed by atoms with Gasteiger partial charge in [-0.25, -0.2) is 4.79 Å². The highest BCUT2D eigenvalue weighted by Gasteiger charge is 2.90. The number of alkyl halides is 13. The first-order chi connectivity index (χ1) is 13.1. The largest absolute Gasteiger partial charge is 0.460 e. The molecular formula is C14H13F13O3. The summed E-state index contributed by atoms with van der Waals surface area (Å²) >= 11 is 0. The van der Waals surface area contributed by atoms with Gasteiger partial charge >= 0.3 is 41.8 Å². The van der Waals surface area contributed by atoms with Gasteiger partial charge in [-0.15, -0.1) is 0 Å². The molecule has 0 aromatic rings. The Balaban J connectivity index is 5.29. The topological polar surface area (TPSA) is 35.5 Å². The van der Waals surface area contributed by atoms with Crippen molar-refractivity contribution in [1.29, 1.82) is 0 Å². The number of ether oxygens (including phenoxy) is 2. The Hall–Kier alpha value is -1.74. The molecule has 0 amide bonds. The van der Waals surface area contributed by atoms with Gasteiger partial charge in [0.25, 0.3) is 0 Å². The van der Waals surface area contributed by atoms with Crippen molar-refractivity contribution in [1.82, 2.24) is 0 Å². The summed E-state index contributed by atoms with van der Waals surface area (Å²) < 4.78 is 176. The van der Waals surface area contributed by atoms with Gasteiger partial charge in [0, 0.05) is 12.0 Å². The molecule has 3 nitrogen and oxygen atoms in total. The highest BCUT2D eigenvalue weighted by atomic mass is 19.4. The lowest BCUT2D eigenvalue weighted by Gasteiger charge is -2.39. The van der Waals surface area contributed by atoms with Crippen LogP contribution in [0.15, 0.2) is 12.2 Å². The minimum absolute atomic E-state index is 0.0972. The lowest BCUT2D eigenvalue weighted by molar-refractivity contribution is -0.440. The van der Waals surface area contributed by atoms with E-state index in [0.29, 0.717) is 0 Å². The fourth-order valence-electron chi connectivity index (χ4n) is 1.58. The molecule has 0 heterocycles. The van der Waals surface area contributed by atoms with Gasteiger partial charge in [-0.05, 0) is 6.92 Å². The van der Waals surface area contributed by atoms with E-state index in [2.05, 4.69) is 16.1 Å². The predicted molar refractivity (Wildman–Crippen MR) is 72.0 cm³/mol. The quantitative estimate of drug-likeness (QED) is 0.177. The van der Waals surface area contributed by atoms with E-state index in [1.807, 2.05) is 0 Å². The van der Waals surface area contributed by atoms with E-state index >= 15 is 0 Å². The summed E-state index contributed by atoms with van der Waals surface area (Å²) in [5, 5.41) is 0. The van der Waals surface area contributed by atoms with Gasteiger partial charge in [-0.1, -0.05) is 6.58 Å². The standard InChI is InChI=1S/C14H13F13O3/c1-7(2)8(28)30-6-5-29-4-3-9(15,16)10(17,18)11(19,20)12(21,22)13(23,24)14(25,26)27/h1,3-6H2,2H3. The van der Waals surface area contributed by atoms with Gasteiger partial charge in [0.1, 0.15) is 6.61 Å². The van der Waals surface area contributed by atoms with Gasteiger partial charge in [0.05, 0.1) is 13.2 Å². The Morgan fingerprint density at radius 1 is 0.700 bits per heavy atom. The molecule has 0 aliphatic carbocycles. The lowest BCUT2D eigenvalue weighted by atomic mass is 9.93. The van der Waals surface area contributed by atoms with E-state index in [0.717, 1.165) is 0 Å². The number of halogens is 13. The highest BCUT2D eigenvalue weighted by molar-refractivity contribution is 5.86. The molecule has 0 aromatic carbocycles. The predicted octanol–water partition coefficient (Wildman–Crippen LogP) is 5.25. The van der Waals surface area contributed by atoms with E-state index in [4.69, 9.17) is 0 Å². The zero-order chi connectivity index (χ0) is 24.4. The Morgan fingerprint density at radius 3 is 1.53 bits per heavy atom. The molecule has 0 aromatic heterocycles. The molecular weight excluding hydrogens is 463 g/mol. The number of carbonyl (C=O) groups excluding carboxylic acids is 1. The van der Waals surface area contributed by atoms with Crippen molar-refractivity contribution >= 4 is 5.97 Å². The maximum Gasteiger partial charge on any atom is 0.460 e. The Morgan fingerprint density at radius 2 is 1.13 bits per heavy atom. The van der Waals surface area contributed by atoms with E-state index in [-0.39, 0.29) is 5.57 Å². The molecule has 0 aliphatic rings. The van der Waals surface area contributed by atoms with Crippen LogP contribution >= 0.6 is 0 Å². The van der Waals surface area contributed by atoms with Gasteiger partial charge < -0.3 is 9.47 Å². The van der Waals surface area contributed by atoms with Crippen molar-refractivity contribution in [2.24, 2.45) is 0 Å². The number of hydrogen-bond acceptors (Lipinski definition) is 3. The van der Waals surface area contributed by atoms with Crippen molar-refractivity contribution in [3.05, 3.63) is 12.2 Å². The van der Waals surface area contributed by atoms with Gasteiger partial charge in [-0.3, -0.25) is 0 Å². The molecule has 0 radical (unpaired) electrons. The Kier molecular flexibility index (Phi) is 8.27. The Bertz CT molecular complexity index is 625. The van der Waals surface area contributed by atoms with Crippen molar-refractivity contribution in [2.45, 2.75) is 49.1 Å². The number of rotatable bonds is 11. The van der Waals surface area contributed by atoms with E-state index in [1.165, 1.54) is 6.92 Å². The summed E-state index contributed by atoms with van der Waals surface area (Å²) in [5.41, 5.74) is -0.0972. The molecule has 0 unspecified atom stereocenters. The van der Waals surface area contributed by atoms with Crippen molar-refractivity contribution in [3.63, 3.8) is 0 Å². The van der Waals surface area contributed by atoms with Crippen LogP contribution in [0, 0.1) is 0 Å². The minimum atomic E-state index is -7.93. The fourth-order valence-corrected chi connectivity index (χ4v) is 1.58. The molecule has 0 atom stereocenters. The van der Waals surface area contributed by atoms with Crippen LogP contribution in [0.3, 0.4) is 0 Å². The van der Waals surface area contributed by atoms with E-state index < -0.39 is 68.0 Å². The second-order valence-corrected chi connectivity index (χ2v) is 5.78. The molecule has 0 fully saturated rings. The van der Waals surface area contributed by atoms with Gasteiger partial charge in [0.2, 0.25) is 0 Å². The summed E-state index contributed by atoms with van der Waals surface area (Å²) in [6.45, 7) is 1.38. The third-order valence-corrected chi connectivity index (χ3v) is 3.37. The second kappa shape index (κ2) is 8.78. The highest BCUT2D eigenvalue weighted by Crippen LogP contribution is 2.60. The number of hydrogen-bond donors (Lipinski definition) is 0. The third-order valence-electron chi connectivity index (χ3n) is 3.37. The average Bonchev–Trinajstić information content (AvgIpc) is 2.55. The van der Waals surface area contributed by atoms with Crippen molar-refractivity contribution in [2.75, 3.05) is 19.8 Å². The molecule has 0 bridgehead atoms. The smallest absolute Gasteiger partial charge is 0.460 e. The first kappa shape index (κ1) is 28.3. The molecule has 0 saturated carbocycles. The second-order valence-electron chi connectivity index (χ2n) is 5.78. The molecule has 16 heteroatoms. The van der Waals surface area contributed by atoms with Crippen LogP contribution in [0.1, 0.15) is 13.3 Å². The normalized spacial score (nSPS) is 14.6. The Labute approximate surface area is 159 Å². The van der Waals surface area contributed by atoms with Crippen LogP contribution in [-0.4, -0.2) is 61.6 Å². The van der Waals surface area contributed by atoms with Crippen LogP contribution in [0.5, 0.6) is 0 Å². The monoisotopic (exact) mass is 476 g/mol.